The van der Waals surface area contributed by atoms with E-state index in [1.165, 1.54) is 0 Å². The molecule has 0 aliphatic heterocycles. The molecule has 1 atom stereocenters. The second-order valence-corrected chi connectivity index (χ2v) is 4.09. The number of rotatable bonds is 10. The second kappa shape index (κ2) is 11.3. The molecule has 3 N–H and O–H groups in total. The van der Waals surface area contributed by atoms with Gasteiger partial charge in [0.15, 0.2) is 0 Å². The van der Waals surface area contributed by atoms with Gasteiger partial charge >= 0.3 is 0 Å². The zero-order valence-electron chi connectivity index (χ0n) is 8.78. The number of hydrogen-bond donors (Lipinski definition) is 2. The van der Waals surface area contributed by atoms with E-state index in [4.69, 9.17) is 15.2 Å². The Bertz CT molecular complexity index is 104. The monoisotopic (exact) mass is 223 g/mol. The van der Waals surface area contributed by atoms with E-state index in [0.717, 1.165) is 12.2 Å². The summed E-state index contributed by atoms with van der Waals surface area (Å²) >= 11 is 1.71. The molecule has 0 bridgehead atoms. The van der Waals surface area contributed by atoms with Crippen LogP contribution in [0.2, 0.25) is 0 Å². The Balaban J connectivity index is 3.07. The van der Waals surface area contributed by atoms with E-state index >= 15 is 0 Å². The molecule has 0 aromatic heterocycles. The molecule has 0 radical (unpaired) electrons. The van der Waals surface area contributed by atoms with Crippen LogP contribution in [0, 0.1) is 0 Å². The van der Waals surface area contributed by atoms with Gasteiger partial charge in [0.05, 0.1) is 25.9 Å². The van der Waals surface area contributed by atoms with Gasteiger partial charge in [-0.15, -0.1) is 0 Å². The highest BCUT2D eigenvalue weighted by Crippen LogP contribution is 2.04. The van der Waals surface area contributed by atoms with Gasteiger partial charge in [0, 0.05) is 12.9 Å². The van der Waals surface area contributed by atoms with Gasteiger partial charge in [-0.2, -0.15) is 11.8 Å². The third-order valence-electron chi connectivity index (χ3n) is 1.55. The van der Waals surface area contributed by atoms with Crippen LogP contribution in [-0.2, 0) is 9.47 Å². The van der Waals surface area contributed by atoms with Crippen molar-refractivity contribution in [3.63, 3.8) is 0 Å². The first-order valence-electron chi connectivity index (χ1n) is 4.83. The van der Waals surface area contributed by atoms with Crippen molar-refractivity contribution >= 4 is 11.8 Å². The molecule has 0 aromatic carbocycles. The summed E-state index contributed by atoms with van der Waals surface area (Å²) < 4.78 is 9.99. The van der Waals surface area contributed by atoms with Crippen molar-refractivity contribution in [1.82, 2.24) is 0 Å². The van der Waals surface area contributed by atoms with E-state index in [0.29, 0.717) is 32.1 Å². The quantitative estimate of drug-likeness (QED) is 0.514. The molecule has 14 heavy (non-hydrogen) atoms. The molecular weight excluding hydrogens is 202 g/mol. The van der Waals surface area contributed by atoms with Crippen LogP contribution in [0.3, 0.4) is 0 Å². The molecule has 0 rings (SSSR count). The largest absolute Gasteiger partial charge is 0.390 e. The molecular formula is C9H21NO3S. The van der Waals surface area contributed by atoms with E-state index in [2.05, 4.69) is 0 Å². The van der Waals surface area contributed by atoms with Crippen molar-refractivity contribution in [2.24, 2.45) is 5.73 Å². The normalized spacial score (nSPS) is 13.1. The maximum atomic E-state index is 9.43. The molecule has 0 spiro atoms. The SMILES string of the molecule is COCCOCC(O)CSCCCN. The van der Waals surface area contributed by atoms with Gasteiger partial charge in [0.2, 0.25) is 0 Å². The smallest absolute Gasteiger partial charge is 0.0863 e. The number of aliphatic hydroxyl groups excluding tert-OH is 1. The maximum absolute atomic E-state index is 9.43. The lowest BCUT2D eigenvalue weighted by molar-refractivity contribution is 0.0218. The third kappa shape index (κ3) is 10.3. The Labute approximate surface area is 90.1 Å². The standard InChI is InChI=1S/C9H21NO3S/c1-12-4-5-13-7-9(11)8-14-6-2-3-10/h9,11H,2-8,10H2,1H3. The summed E-state index contributed by atoms with van der Waals surface area (Å²) in [5.74, 6) is 1.72. The Morgan fingerprint density at radius 2 is 2.21 bits per heavy atom. The van der Waals surface area contributed by atoms with E-state index < -0.39 is 0 Å². The summed E-state index contributed by atoms with van der Waals surface area (Å²) in [6.07, 6.45) is 0.622. The van der Waals surface area contributed by atoms with Crippen LogP contribution in [-0.4, -0.2) is 56.2 Å². The van der Waals surface area contributed by atoms with Crippen LogP contribution in [0.4, 0.5) is 0 Å². The van der Waals surface area contributed by atoms with Crippen LogP contribution >= 0.6 is 11.8 Å². The van der Waals surface area contributed by atoms with Crippen molar-refractivity contribution in [3.8, 4) is 0 Å². The predicted molar refractivity (Wildman–Crippen MR) is 59.7 cm³/mol. The van der Waals surface area contributed by atoms with Crippen molar-refractivity contribution in [1.29, 1.82) is 0 Å². The van der Waals surface area contributed by atoms with Crippen LogP contribution in [0.1, 0.15) is 6.42 Å². The van der Waals surface area contributed by atoms with Gasteiger partial charge < -0.3 is 20.3 Å². The zero-order chi connectivity index (χ0) is 10.6. The molecule has 0 saturated heterocycles. The minimum atomic E-state index is -0.380. The summed E-state index contributed by atoms with van der Waals surface area (Å²) in [4.78, 5) is 0. The Kier molecular flexibility index (Phi) is 11.4. The van der Waals surface area contributed by atoms with Crippen molar-refractivity contribution < 1.29 is 14.6 Å². The van der Waals surface area contributed by atoms with E-state index in [9.17, 15) is 5.11 Å². The summed E-state index contributed by atoms with van der Waals surface area (Å²) in [5.41, 5.74) is 5.34. The number of nitrogens with two attached hydrogens (primary N) is 1. The zero-order valence-corrected chi connectivity index (χ0v) is 9.59. The van der Waals surface area contributed by atoms with Gasteiger partial charge in [-0.3, -0.25) is 0 Å². The Morgan fingerprint density at radius 1 is 1.43 bits per heavy atom. The number of thioether (sulfide) groups is 1. The minimum absolute atomic E-state index is 0.380. The Hall–Kier alpha value is 0.190. The molecule has 0 aromatic rings. The number of hydrogen-bond acceptors (Lipinski definition) is 5. The molecule has 5 heteroatoms. The van der Waals surface area contributed by atoms with Gasteiger partial charge in [-0.05, 0) is 18.7 Å². The van der Waals surface area contributed by atoms with Crippen molar-refractivity contribution in [2.45, 2.75) is 12.5 Å². The molecule has 0 fully saturated rings. The molecule has 1 unspecified atom stereocenters. The molecule has 0 aliphatic carbocycles. The lowest BCUT2D eigenvalue weighted by Crippen LogP contribution is -2.19. The lowest BCUT2D eigenvalue weighted by atomic mass is 10.4. The van der Waals surface area contributed by atoms with Gasteiger partial charge in [0.25, 0.3) is 0 Å². The average Bonchev–Trinajstić information content (AvgIpc) is 2.19. The van der Waals surface area contributed by atoms with Crippen LogP contribution in [0.5, 0.6) is 0 Å². The molecule has 86 valence electrons. The van der Waals surface area contributed by atoms with Crippen molar-refractivity contribution in [3.05, 3.63) is 0 Å². The van der Waals surface area contributed by atoms with Crippen LogP contribution in [0.15, 0.2) is 0 Å². The first kappa shape index (κ1) is 14.2. The summed E-state index contributed by atoms with van der Waals surface area (Å²) in [7, 11) is 1.63. The molecule has 4 nitrogen and oxygen atoms in total. The topological polar surface area (TPSA) is 64.7 Å². The highest BCUT2D eigenvalue weighted by molar-refractivity contribution is 7.99. The van der Waals surface area contributed by atoms with Gasteiger partial charge in [0.1, 0.15) is 0 Å². The van der Waals surface area contributed by atoms with Gasteiger partial charge in [-0.1, -0.05) is 0 Å². The molecule has 0 saturated carbocycles. The van der Waals surface area contributed by atoms with E-state index in [1.807, 2.05) is 0 Å². The average molecular weight is 223 g/mol. The Morgan fingerprint density at radius 3 is 2.86 bits per heavy atom. The summed E-state index contributed by atoms with van der Waals surface area (Å²) in [5, 5.41) is 9.43. The van der Waals surface area contributed by atoms with Crippen molar-refractivity contribution in [2.75, 3.05) is 45.0 Å². The predicted octanol–water partition coefficient (Wildman–Crippen LogP) is 0.0923. The lowest BCUT2D eigenvalue weighted by Gasteiger charge is -2.10. The highest BCUT2D eigenvalue weighted by atomic mass is 32.2. The molecule has 0 aliphatic rings. The van der Waals surface area contributed by atoms with Crippen LogP contribution in [0.25, 0.3) is 0 Å². The fourth-order valence-electron chi connectivity index (χ4n) is 0.815. The fraction of sp³-hybridized carbons (Fsp3) is 1.00. The summed E-state index contributed by atoms with van der Waals surface area (Å²) in [6, 6.07) is 0. The minimum Gasteiger partial charge on any atom is -0.390 e. The van der Waals surface area contributed by atoms with Crippen LogP contribution < -0.4 is 5.73 Å². The first-order chi connectivity index (χ1) is 6.81. The fourth-order valence-corrected chi connectivity index (χ4v) is 1.72. The second-order valence-electron chi connectivity index (χ2n) is 2.94. The summed E-state index contributed by atoms with van der Waals surface area (Å²) in [6.45, 7) is 2.22. The third-order valence-corrected chi connectivity index (χ3v) is 2.74. The van der Waals surface area contributed by atoms with E-state index in [1.54, 1.807) is 18.9 Å². The molecule has 0 amide bonds. The number of methoxy groups -OCH3 is 1. The first-order valence-corrected chi connectivity index (χ1v) is 5.99. The maximum Gasteiger partial charge on any atom is 0.0863 e. The van der Waals surface area contributed by atoms with Gasteiger partial charge in [-0.25, -0.2) is 0 Å². The highest BCUT2D eigenvalue weighted by Gasteiger charge is 2.03. The number of ether oxygens (including phenoxy) is 2. The molecule has 0 heterocycles. The number of aliphatic hydroxyl groups is 1. The van der Waals surface area contributed by atoms with E-state index in [-0.39, 0.29) is 6.10 Å².